The summed E-state index contributed by atoms with van der Waals surface area (Å²) in [5.74, 6) is 1.56. The van der Waals surface area contributed by atoms with Crippen LogP contribution >= 0.6 is 0 Å². The average Bonchev–Trinajstić information content (AvgIpc) is 3.57. The Balaban J connectivity index is 1.10. The van der Waals surface area contributed by atoms with Gasteiger partial charge in [-0.25, -0.2) is 19.7 Å². The summed E-state index contributed by atoms with van der Waals surface area (Å²) in [6.07, 6.45) is 6.64. The molecular formula is C37H42N6O5. The Labute approximate surface area is 280 Å². The Morgan fingerprint density at radius 2 is 1.92 bits per heavy atom. The van der Waals surface area contributed by atoms with Crippen LogP contribution in [-0.2, 0) is 14.3 Å². The summed E-state index contributed by atoms with van der Waals surface area (Å²) < 4.78 is 17.8. The summed E-state index contributed by atoms with van der Waals surface area (Å²) in [4.78, 5) is 41.5. The fourth-order valence-corrected chi connectivity index (χ4v) is 6.79. The number of amides is 2. The molecule has 4 heterocycles. The van der Waals surface area contributed by atoms with Gasteiger partial charge < -0.3 is 29.7 Å². The fraction of sp³-hybridized carbons (Fsp3) is 0.432. The lowest BCUT2D eigenvalue weighted by Crippen LogP contribution is -2.47. The zero-order chi connectivity index (χ0) is 33.5. The van der Waals surface area contributed by atoms with Crippen molar-refractivity contribution >= 4 is 34.4 Å². The summed E-state index contributed by atoms with van der Waals surface area (Å²) in [5, 5.41) is 8.37. The molecule has 2 amide bonds. The third kappa shape index (κ3) is 6.64. The number of nitrogens with zero attached hydrogens (tertiary/aromatic N) is 4. The summed E-state index contributed by atoms with van der Waals surface area (Å²) in [7, 11) is 0. The normalized spacial score (nSPS) is 22.0. The van der Waals surface area contributed by atoms with Crippen LogP contribution in [0.3, 0.4) is 0 Å². The van der Waals surface area contributed by atoms with Gasteiger partial charge in [0.25, 0.3) is 0 Å². The maximum Gasteiger partial charge on any atom is 0.410 e. The summed E-state index contributed by atoms with van der Waals surface area (Å²) >= 11 is 0. The maximum absolute atomic E-state index is 13.2. The Kier molecular flexibility index (Phi) is 8.41. The number of hydrogen-bond acceptors (Lipinski definition) is 9. The quantitative estimate of drug-likeness (QED) is 0.218. The van der Waals surface area contributed by atoms with Crippen molar-refractivity contribution < 1.29 is 23.8 Å². The molecule has 250 valence electrons. The van der Waals surface area contributed by atoms with Gasteiger partial charge >= 0.3 is 6.09 Å². The minimum Gasteiger partial charge on any atom is -0.444 e. The van der Waals surface area contributed by atoms with Crippen molar-refractivity contribution in [3.05, 3.63) is 66.5 Å². The van der Waals surface area contributed by atoms with Crippen LogP contribution in [0.4, 0.5) is 16.4 Å². The molecule has 2 aromatic heterocycles. The molecule has 4 aromatic rings. The molecule has 0 radical (unpaired) electrons. The van der Waals surface area contributed by atoms with Gasteiger partial charge in [0.05, 0.1) is 17.9 Å². The zero-order valence-electron chi connectivity index (χ0n) is 27.9. The van der Waals surface area contributed by atoms with Gasteiger partial charge in [0, 0.05) is 65.9 Å². The van der Waals surface area contributed by atoms with Crippen molar-refractivity contribution in [1.82, 2.24) is 19.9 Å². The largest absolute Gasteiger partial charge is 0.444 e. The standard InChI is InChI=1S/C37H42N6O5/c1-23-12-13-25-26(9-5-11-29(25)41-32(44)28-20-37(28)15-19-46-22-37)31(23)47-33-27(10-6-16-38-33)30-14-17-39-34(42-30)40-24-8-7-18-43(21-24)35(45)48-36(2,3)4/h5-6,9-14,16-17,24,28H,7-8,15,18-22H2,1-4H3,(H,41,44)(H,39,40,42)/t24-,28?,37?/m0/s1. The number of piperidine rings is 1. The third-order valence-corrected chi connectivity index (χ3v) is 9.41. The molecular weight excluding hydrogens is 608 g/mol. The lowest BCUT2D eigenvalue weighted by molar-refractivity contribution is -0.118. The molecule has 11 heteroatoms. The van der Waals surface area contributed by atoms with E-state index in [1.165, 1.54) is 0 Å². The molecule has 7 rings (SSSR count). The Bertz CT molecular complexity index is 1850. The number of aromatic nitrogens is 3. The van der Waals surface area contributed by atoms with Crippen molar-refractivity contribution in [2.24, 2.45) is 11.3 Å². The second-order valence-electron chi connectivity index (χ2n) is 14.2. The number of anilines is 2. The van der Waals surface area contributed by atoms with Gasteiger partial charge in [-0.1, -0.05) is 24.3 Å². The number of carbonyl (C=O) groups excluding carboxylic acids is 2. The van der Waals surface area contributed by atoms with Gasteiger partial charge in [0.2, 0.25) is 17.7 Å². The van der Waals surface area contributed by atoms with E-state index in [1.54, 1.807) is 17.3 Å². The van der Waals surface area contributed by atoms with Crippen LogP contribution in [-0.4, -0.2) is 69.8 Å². The number of nitrogens with one attached hydrogen (secondary N) is 2. The second kappa shape index (κ2) is 12.7. The van der Waals surface area contributed by atoms with Crippen LogP contribution in [0.25, 0.3) is 22.0 Å². The number of aryl methyl sites for hydroxylation is 1. The predicted octanol–water partition coefficient (Wildman–Crippen LogP) is 6.97. The molecule has 2 saturated heterocycles. The van der Waals surface area contributed by atoms with E-state index in [9.17, 15) is 9.59 Å². The Morgan fingerprint density at radius 3 is 2.73 bits per heavy atom. The first-order chi connectivity index (χ1) is 23.1. The first-order valence-electron chi connectivity index (χ1n) is 16.7. The smallest absolute Gasteiger partial charge is 0.410 e. The van der Waals surface area contributed by atoms with Crippen molar-refractivity contribution in [2.45, 2.75) is 65.0 Å². The minimum atomic E-state index is -0.550. The van der Waals surface area contributed by atoms with Gasteiger partial charge in [0.15, 0.2) is 0 Å². The minimum absolute atomic E-state index is 0.0122. The van der Waals surface area contributed by atoms with Crippen LogP contribution in [0.15, 0.2) is 60.9 Å². The van der Waals surface area contributed by atoms with E-state index in [-0.39, 0.29) is 29.4 Å². The molecule has 2 aromatic carbocycles. The average molecular weight is 651 g/mol. The molecule has 1 spiro atoms. The number of ether oxygens (including phenoxy) is 3. The number of rotatable bonds is 7. The van der Waals surface area contributed by atoms with Crippen molar-refractivity contribution in [3.63, 3.8) is 0 Å². The second-order valence-corrected chi connectivity index (χ2v) is 14.2. The fourth-order valence-electron chi connectivity index (χ4n) is 6.79. The predicted molar refractivity (Wildman–Crippen MR) is 183 cm³/mol. The monoisotopic (exact) mass is 650 g/mol. The van der Waals surface area contributed by atoms with Gasteiger partial charge in [-0.3, -0.25) is 4.79 Å². The zero-order valence-corrected chi connectivity index (χ0v) is 27.9. The highest BCUT2D eigenvalue weighted by molar-refractivity contribution is 6.06. The first kappa shape index (κ1) is 31.8. The number of fused-ring (bicyclic) bond motifs is 1. The van der Waals surface area contributed by atoms with E-state index in [4.69, 9.17) is 19.2 Å². The highest BCUT2D eigenvalue weighted by Crippen LogP contribution is 2.58. The van der Waals surface area contributed by atoms with Gasteiger partial charge in [0.1, 0.15) is 11.4 Å². The first-order valence-corrected chi connectivity index (χ1v) is 16.7. The number of hydrogen-bond donors (Lipinski definition) is 2. The summed E-state index contributed by atoms with van der Waals surface area (Å²) in [6, 6.07) is 15.5. The molecule has 2 aliphatic heterocycles. The lowest BCUT2D eigenvalue weighted by atomic mass is 10.0. The maximum atomic E-state index is 13.2. The molecule has 1 aliphatic carbocycles. The lowest BCUT2D eigenvalue weighted by Gasteiger charge is -2.34. The molecule has 1 saturated carbocycles. The molecule has 11 nitrogen and oxygen atoms in total. The summed E-state index contributed by atoms with van der Waals surface area (Å²) in [5.41, 5.74) is 2.51. The van der Waals surface area contributed by atoms with Crippen LogP contribution in [0.2, 0.25) is 0 Å². The molecule has 3 fully saturated rings. The van der Waals surface area contributed by atoms with Crippen LogP contribution in [0.1, 0.15) is 52.0 Å². The van der Waals surface area contributed by atoms with E-state index in [1.807, 2.05) is 76.2 Å². The molecule has 2 N–H and O–H groups in total. The molecule has 0 bridgehead atoms. The molecule has 3 aliphatic rings. The van der Waals surface area contributed by atoms with Gasteiger partial charge in [-0.05, 0) is 83.2 Å². The SMILES string of the molecule is Cc1ccc2c(NC(=O)C3CC34CCOC4)cccc2c1Oc1ncccc1-c1ccnc(N[C@H]2CCCN(C(=O)OC(C)(C)C)C2)n1. The number of carbonyl (C=O) groups is 2. The highest BCUT2D eigenvalue weighted by atomic mass is 16.6. The van der Waals surface area contributed by atoms with Crippen LogP contribution < -0.4 is 15.4 Å². The summed E-state index contributed by atoms with van der Waals surface area (Å²) in [6.45, 7) is 10.2. The number of pyridine rings is 1. The van der Waals surface area contributed by atoms with E-state index >= 15 is 0 Å². The van der Waals surface area contributed by atoms with E-state index in [0.29, 0.717) is 48.5 Å². The van der Waals surface area contributed by atoms with Crippen LogP contribution in [0, 0.1) is 18.3 Å². The van der Waals surface area contributed by atoms with Gasteiger partial charge in [-0.2, -0.15) is 0 Å². The molecule has 2 unspecified atom stereocenters. The van der Waals surface area contributed by atoms with Crippen LogP contribution in [0.5, 0.6) is 11.6 Å². The van der Waals surface area contributed by atoms with E-state index in [0.717, 1.165) is 54.3 Å². The van der Waals surface area contributed by atoms with Gasteiger partial charge in [-0.15, -0.1) is 0 Å². The van der Waals surface area contributed by atoms with Crippen molar-refractivity contribution in [1.29, 1.82) is 0 Å². The van der Waals surface area contributed by atoms with Crippen molar-refractivity contribution in [3.8, 4) is 22.9 Å². The molecule has 3 atom stereocenters. The Morgan fingerprint density at radius 1 is 1.04 bits per heavy atom. The highest BCUT2D eigenvalue weighted by Gasteiger charge is 2.59. The Hall–Kier alpha value is -4.77. The third-order valence-electron chi connectivity index (χ3n) is 9.41. The van der Waals surface area contributed by atoms with Crippen molar-refractivity contribution in [2.75, 3.05) is 36.9 Å². The number of likely N-dealkylation sites (tertiary alicyclic amines) is 1. The topological polar surface area (TPSA) is 128 Å². The molecule has 48 heavy (non-hydrogen) atoms. The van der Waals surface area contributed by atoms with E-state index < -0.39 is 5.60 Å². The van der Waals surface area contributed by atoms with E-state index in [2.05, 4.69) is 20.6 Å². The number of benzene rings is 2.